The van der Waals surface area contributed by atoms with E-state index in [1.807, 2.05) is 13.0 Å². The van der Waals surface area contributed by atoms with Crippen molar-refractivity contribution >= 4 is 17.9 Å². The van der Waals surface area contributed by atoms with Gasteiger partial charge in [-0.1, -0.05) is 30.1 Å². The number of rotatable bonds is 22. The highest BCUT2D eigenvalue weighted by atomic mass is 16.8. The maximum absolute atomic E-state index is 14.1. The van der Waals surface area contributed by atoms with E-state index >= 15 is 0 Å². The third-order valence-electron chi connectivity index (χ3n) is 11.2. The Morgan fingerprint density at radius 2 is 1.88 bits per heavy atom. The van der Waals surface area contributed by atoms with Gasteiger partial charge in [-0.25, -0.2) is 9.59 Å². The lowest BCUT2D eigenvalue weighted by Crippen LogP contribution is -2.70. The molecular formula is C42H63N3O12. The number of allylic oxidation sites excluding steroid dienone is 1. The van der Waals surface area contributed by atoms with Gasteiger partial charge in [-0.2, -0.15) is 0 Å². The molecular weight excluding hydrogens is 738 g/mol. The number of unbranched alkanes of at least 4 members (excludes halogenated alkanes) is 2. The fraction of sp³-hybridized carbons (Fsp3) is 0.690. The summed E-state index contributed by atoms with van der Waals surface area (Å²) in [5.74, 6) is -1.53. The molecule has 2 aliphatic carbocycles. The highest BCUT2D eigenvalue weighted by molar-refractivity contribution is 6.03. The van der Waals surface area contributed by atoms with Crippen molar-refractivity contribution in [3.63, 3.8) is 0 Å². The molecule has 2 aliphatic heterocycles. The quantitative estimate of drug-likeness (QED) is 0.0664. The predicted octanol–water partition coefficient (Wildman–Crippen LogP) is 5.42. The predicted molar refractivity (Wildman–Crippen MR) is 211 cm³/mol. The van der Waals surface area contributed by atoms with Crippen LogP contribution in [0, 0.1) is 17.8 Å². The third-order valence-corrected chi connectivity index (χ3v) is 11.2. The molecule has 2 heterocycles. The Labute approximate surface area is 336 Å². The van der Waals surface area contributed by atoms with Gasteiger partial charge in [-0.15, -0.1) is 6.58 Å². The number of aliphatic hydroxyl groups excluding tert-OH is 3. The number of aliphatic hydroxyl groups is 3. The van der Waals surface area contributed by atoms with E-state index in [0.717, 1.165) is 49.7 Å². The molecule has 15 heteroatoms. The lowest BCUT2D eigenvalue weighted by Gasteiger charge is -2.59. The van der Waals surface area contributed by atoms with E-state index in [2.05, 4.69) is 18.0 Å². The van der Waals surface area contributed by atoms with Crippen LogP contribution in [0.2, 0.25) is 0 Å². The number of carbonyl (C=O) groups is 2. The lowest BCUT2D eigenvalue weighted by atomic mass is 9.55. The van der Waals surface area contributed by atoms with Crippen molar-refractivity contribution in [3.05, 3.63) is 48.1 Å². The van der Waals surface area contributed by atoms with E-state index in [0.29, 0.717) is 49.6 Å². The van der Waals surface area contributed by atoms with Crippen molar-refractivity contribution in [3.8, 4) is 11.5 Å². The molecule has 0 bridgehead atoms. The Kier molecular flexibility index (Phi) is 17.5. The summed E-state index contributed by atoms with van der Waals surface area (Å²) in [7, 11) is 0. The summed E-state index contributed by atoms with van der Waals surface area (Å²) in [4.78, 5) is 34.5. The number of amides is 2. The van der Waals surface area contributed by atoms with E-state index < -0.39 is 36.2 Å². The van der Waals surface area contributed by atoms with Gasteiger partial charge in [-0.05, 0) is 88.0 Å². The third kappa shape index (κ3) is 10.9. The minimum absolute atomic E-state index is 0.0169. The smallest absolute Gasteiger partial charge is 0.412 e. The molecule has 15 nitrogen and oxygen atoms in total. The van der Waals surface area contributed by atoms with Gasteiger partial charge in [0, 0.05) is 50.6 Å². The fourth-order valence-corrected chi connectivity index (χ4v) is 8.83. The molecule has 318 valence electrons. The molecule has 1 aromatic carbocycles. The van der Waals surface area contributed by atoms with Crippen LogP contribution in [0.3, 0.4) is 0 Å². The number of benzene rings is 1. The molecule has 2 fully saturated rings. The summed E-state index contributed by atoms with van der Waals surface area (Å²) < 4.78 is 37.2. The zero-order chi connectivity index (χ0) is 40.6. The number of carbonyl (C=O) groups excluding carboxylic acids is 2. The molecule has 1 aromatic rings. The molecule has 1 unspecified atom stereocenters. The van der Waals surface area contributed by atoms with E-state index in [4.69, 9.17) is 38.4 Å². The van der Waals surface area contributed by atoms with Gasteiger partial charge < -0.3 is 53.9 Å². The first-order chi connectivity index (χ1) is 27.8. The maximum Gasteiger partial charge on any atom is 0.412 e. The van der Waals surface area contributed by atoms with Crippen LogP contribution in [-0.2, 0) is 23.8 Å². The zero-order valence-corrected chi connectivity index (χ0v) is 33.6. The zero-order valence-electron chi connectivity index (χ0n) is 33.6. The number of fused-ring (bicyclic) bond motifs is 2. The highest BCUT2D eigenvalue weighted by Crippen LogP contribution is 2.62. The largest absolute Gasteiger partial charge is 0.459 e. The number of nitrogens with zero attached hydrogens (tertiary/aromatic N) is 2. The van der Waals surface area contributed by atoms with Gasteiger partial charge in [0.15, 0.2) is 0 Å². The average Bonchev–Trinajstić information content (AvgIpc) is 3.21. The number of nitrogens with one attached hydrogen (secondary N) is 1. The molecule has 0 radical (unpaired) electrons. The second-order valence-corrected chi connectivity index (χ2v) is 14.8. The van der Waals surface area contributed by atoms with Crippen molar-refractivity contribution in [2.24, 2.45) is 22.9 Å². The molecule has 1 saturated carbocycles. The first-order valence-corrected chi connectivity index (χ1v) is 20.8. The van der Waals surface area contributed by atoms with Gasteiger partial charge in [-0.3, -0.25) is 4.90 Å². The highest BCUT2D eigenvalue weighted by Gasteiger charge is 2.65. The van der Waals surface area contributed by atoms with Crippen molar-refractivity contribution in [1.29, 1.82) is 0 Å². The van der Waals surface area contributed by atoms with E-state index in [-0.39, 0.29) is 77.0 Å². The summed E-state index contributed by atoms with van der Waals surface area (Å²) in [5, 5.41) is 36.7. The van der Waals surface area contributed by atoms with Crippen LogP contribution in [-0.4, -0.2) is 122 Å². The van der Waals surface area contributed by atoms with Crippen LogP contribution < -0.4 is 14.8 Å². The first kappa shape index (κ1) is 44.4. The SMILES string of the molecule is C=CCO[C@@]12Oc3ccc(OC(=O)NCC)cc3[C@H]3[C@H](CCCCO)[C@@H](CCCCO)C=C(C(=NOC4CCCCO4)C[C@@H]1N(CCOCCO)C(=O)OCC)[C@H]32. The summed E-state index contributed by atoms with van der Waals surface area (Å²) in [6.45, 7) is 8.97. The molecule has 0 spiro atoms. The van der Waals surface area contributed by atoms with Crippen LogP contribution in [0.25, 0.3) is 0 Å². The first-order valence-electron chi connectivity index (χ1n) is 20.8. The van der Waals surface area contributed by atoms with Gasteiger partial charge >= 0.3 is 12.2 Å². The standard InChI is InChI=1S/C42H63N3O12/c1-4-22-54-42-36(45(41(50)52-6-3)18-24-51-25-21-48)28-34(44-57-37-15-9-12-23-53-37)32-26-29(13-7-10-19-46)31(14-8-11-20-47)38(39(32)42)33-27-30(16-17-35(33)56-42)55-40(49)43-5-2/h4,16-17,26-27,29,31,36-39,46-48H,1,5-15,18-25,28H2,2-3H3,(H,43,49)/t29-,31+,36-,37?,38+,39+,42+/m0/s1. The molecule has 0 aromatic heterocycles. The molecule has 5 rings (SSSR count). The van der Waals surface area contributed by atoms with Gasteiger partial charge in [0.25, 0.3) is 0 Å². The Bertz CT molecular complexity index is 1520. The number of ether oxygens (including phenoxy) is 6. The van der Waals surface area contributed by atoms with Crippen LogP contribution in [0.1, 0.15) is 89.5 Å². The number of hydrogen-bond acceptors (Lipinski definition) is 13. The molecule has 4 aliphatic rings. The topological polar surface area (TPSA) is 187 Å². The minimum Gasteiger partial charge on any atom is -0.459 e. The number of hydrogen-bond donors (Lipinski definition) is 4. The van der Waals surface area contributed by atoms with Crippen LogP contribution in [0.4, 0.5) is 9.59 Å². The average molecular weight is 802 g/mol. The lowest BCUT2D eigenvalue weighted by molar-refractivity contribution is -0.256. The van der Waals surface area contributed by atoms with Crippen molar-refractivity contribution < 1.29 is 58.2 Å². The Balaban J connectivity index is 1.76. The molecule has 1 saturated heterocycles. The Morgan fingerprint density at radius 1 is 1.07 bits per heavy atom. The fourth-order valence-electron chi connectivity index (χ4n) is 8.83. The van der Waals surface area contributed by atoms with Crippen LogP contribution >= 0.6 is 0 Å². The molecule has 57 heavy (non-hydrogen) atoms. The van der Waals surface area contributed by atoms with E-state index in [1.165, 1.54) is 0 Å². The second kappa shape index (κ2) is 22.4. The Hall–Kier alpha value is -3.73. The molecule has 2 amide bonds. The van der Waals surface area contributed by atoms with E-state index in [9.17, 15) is 24.9 Å². The van der Waals surface area contributed by atoms with Crippen molar-refractivity contribution in [2.45, 2.75) is 102 Å². The summed E-state index contributed by atoms with van der Waals surface area (Å²) in [5.41, 5.74) is 2.30. The minimum atomic E-state index is -1.50. The number of oxime groups is 1. The van der Waals surface area contributed by atoms with Gasteiger partial charge in [0.05, 0.1) is 51.3 Å². The van der Waals surface area contributed by atoms with E-state index in [1.54, 1.807) is 30.0 Å². The van der Waals surface area contributed by atoms with Crippen LogP contribution in [0.15, 0.2) is 47.7 Å². The molecule has 4 N–H and O–H groups in total. The maximum atomic E-state index is 14.1. The Morgan fingerprint density at radius 3 is 2.58 bits per heavy atom. The van der Waals surface area contributed by atoms with Crippen LogP contribution in [0.5, 0.6) is 11.5 Å². The normalized spacial score (nSPS) is 27.0. The summed E-state index contributed by atoms with van der Waals surface area (Å²) >= 11 is 0. The van der Waals surface area contributed by atoms with Gasteiger partial charge in [0.1, 0.15) is 17.5 Å². The van der Waals surface area contributed by atoms with Crippen molar-refractivity contribution in [1.82, 2.24) is 10.2 Å². The second-order valence-electron chi connectivity index (χ2n) is 14.8. The monoisotopic (exact) mass is 801 g/mol. The van der Waals surface area contributed by atoms with Crippen molar-refractivity contribution in [2.75, 3.05) is 65.9 Å². The summed E-state index contributed by atoms with van der Waals surface area (Å²) in [6, 6.07) is 4.50. The molecule has 7 atom stereocenters. The summed E-state index contributed by atoms with van der Waals surface area (Å²) in [6.07, 6.45) is 9.29. The van der Waals surface area contributed by atoms with Gasteiger partial charge in [0.2, 0.25) is 12.1 Å².